The number of nitrogens with one attached hydrogen (secondary N) is 1. The van der Waals surface area contributed by atoms with Crippen LogP contribution in [-0.2, 0) is 0 Å². The SMILES string of the molecule is CNC(=O)c1ccc(C)nc1C. The van der Waals surface area contributed by atoms with Gasteiger partial charge in [0.2, 0.25) is 0 Å². The van der Waals surface area contributed by atoms with E-state index in [1.165, 1.54) is 0 Å². The summed E-state index contributed by atoms with van der Waals surface area (Å²) >= 11 is 0. The molecule has 0 saturated carbocycles. The normalized spacial score (nSPS) is 9.58. The van der Waals surface area contributed by atoms with Crippen LogP contribution in [0.25, 0.3) is 0 Å². The first-order valence-corrected chi connectivity index (χ1v) is 3.81. The van der Waals surface area contributed by atoms with Gasteiger partial charge in [0.1, 0.15) is 0 Å². The molecule has 0 fully saturated rings. The largest absolute Gasteiger partial charge is 0.355 e. The molecule has 3 heteroatoms. The van der Waals surface area contributed by atoms with Crippen LogP contribution < -0.4 is 5.32 Å². The van der Waals surface area contributed by atoms with Crippen molar-refractivity contribution in [2.24, 2.45) is 0 Å². The molecule has 0 radical (unpaired) electrons. The number of amides is 1. The third-order valence-corrected chi connectivity index (χ3v) is 1.70. The van der Waals surface area contributed by atoms with Gasteiger partial charge in [0.05, 0.1) is 11.3 Å². The summed E-state index contributed by atoms with van der Waals surface area (Å²) < 4.78 is 0. The maximum Gasteiger partial charge on any atom is 0.252 e. The lowest BCUT2D eigenvalue weighted by Crippen LogP contribution is -2.19. The van der Waals surface area contributed by atoms with E-state index in [0.717, 1.165) is 11.4 Å². The quantitative estimate of drug-likeness (QED) is 0.674. The maximum atomic E-state index is 11.2. The van der Waals surface area contributed by atoms with Gasteiger partial charge in [-0.1, -0.05) is 0 Å². The molecule has 0 aliphatic carbocycles. The molecule has 3 nitrogen and oxygen atoms in total. The van der Waals surface area contributed by atoms with Crippen molar-refractivity contribution >= 4 is 5.91 Å². The van der Waals surface area contributed by atoms with Gasteiger partial charge >= 0.3 is 0 Å². The van der Waals surface area contributed by atoms with Crippen molar-refractivity contribution in [2.45, 2.75) is 13.8 Å². The van der Waals surface area contributed by atoms with Crippen molar-refractivity contribution in [1.82, 2.24) is 10.3 Å². The van der Waals surface area contributed by atoms with E-state index >= 15 is 0 Å². The Balaban J connectivity index is 3.09. The van der Waals surface area contributed by atoms with Gasteiger partial charge < -0.3 is 5.32 Å². The predicted octanol–water partition coefficient (Wildman–Crippen LogP) is 1.06. The van der Waals surface area contributed by atoms with Crippen LogP contribution in [0.2, 0.25) is 0 Å². The third kappa shape index (κ3) is 1.61. The zero-order chi connectivity index (χ0) is 9.14. The van der Waals surface area contributed by atoms with Crippen molar-refractivity contribution in [3.63, 3.8) is 0 Å². The van der Waals surface area contributed by atoms with Crippen LogP contribution in [-0.4, -0.2) is 17.9 Å². The molecule has 1 heterocycles. The second-order valence-electron chi connectivity index (χ2n) is 2.66. The molecule has 64 valence electrons. The first-order valence-electron chi connectivity index (χ1n) is 3.81. The van der Waals surface area contributed by atoms with Gasteiger partial charge in [-0.25, -0.2) is 0 Å². The van der Waals surface area contributed by atoms with E-state index in [2.05, 4.69) is 10.3 Å². The number of aryl methyl sites for hydroxylation is 2. The average Bonchev–Trinajstić information content (AvgIpc) is 2.03. The number of nitrogens with zero attached hydrogens (tertiary/aromatic N) is 1. The summed E-state index contributed by atoms with van der Waals surface area (Å²) in [7, 11) is 1.61. The van der Waals surface area contributed by atoms with Gasteiger partial charge in [-0.3, -0.25) is 9.78 Å². The lowest BCUT2D eigenvalue weighted by molar-refractivity contribution is 0.0962. The first kappa shape index (κ1) is 8.71. The van der Waals surface area contributed by atoms with Crippen molar-refractivity contribution in [2.75, 3.05) is 7.05 Å². The minimum Gasteiger partial charge on any atom is -0.355 e. The summed E-state index contributed by atoms with van der Waals surface area (Å²) in [5, 5.41) is 2.56. The summed E-state index contributed by atoms with van der Waals surface area (Å²) in [5.74, 6) is -0.0833. The Morgan fingerprint density at radius 1 is 1.42 bits per heavy atom. The van der Waals surface area contributed by atoms with E-state index in [4.69, 9.17) is 0 Å². The lowest BCUT2D eigenvalue weighted by atomic mass is 10.2. The average molecular weight is 164 g/mol. The highest BCUT2D eigenvalue weighted by molar-refractivity contribution is 5.94. The molecule has 12 heavy (non-hydrogen) atoms. The fourth-order valence-corrected chi connectivity index (χ4v) is 1.06. The lowest BCUT2D eigenvalue weighted by Gasteiger charge is -2.03. The summed E-state index contributed by atoms with van der Waals surface area (Å²) in [6.45, 7) is 3.73. The number of aromatic nitrogens is 1. The van der Waals surface area contributed by atoms with Gasteiger partial charge in [-0.2, -0.15) is 0 Å². The Hall–Kier alpha value is -1.38. The van der Waals surface area contributed by atoms with Crippen LogP contribution in [0.3, 0.4) is 0 Å². The fourth-order valence-electron chi connectivity index (χ4n) is 1.06. The maximum absolute atomic E-state index is 11.2. The highest BCUT2D eigenvalue weighted by atomic mass is 16.1. The summed E-state index contributed by atoms with van der Waals surface area (Å²) in [5.41, 5.74) is 2.35. The van der Waals surface area contributed by atoms with Gasteiger partial charge in [-0.05, 0) is 26.0 Å². The molecule has 0 aliphatic rings. The standard InChI is InChI=1S/C9H12N2O/c1-6-4-5-8(7(2)11-6)9(12)10-3/h4-5H,1-3H3,(H,10,12). The second kappa shape index (κ2) is 3.34. The van der Waals surface area contributed by atoms with Crippen LogP contribution in [0.15, 0.2) is 12.1 Å². The molecule has 0 aliphatic heterocycles. The van der Waals surface area contributed by atoms with Gasteiger partial charge in [-0.15, -0.1) is 0 Å². The molecule has 1 aromatic rings. The molecule has 1 aromatic heterocycles. The Kier molecular flexibility index (Phi) is 2.43. The van der Waals surface area contributed by atoms with Crippen LogP contribution in [0.1, 0.15) is 21.7 Å². The van der Waals surface area contributed by atoms with Gasteiger partial charge in [0, 0.05) is 12.7 Å². The molecule has 1 N–H and O–H groups in total. The predicted molar refractivity (Wildman–Crippen MR) is 47.1 cm³/mol. The number of rotatable bonds is 1. The Morgan fingerprint density at radius 3 is 2.58 bits per heavy atom. The van der Waals surface area contributed by atoms with Crippen LogP contribution in [0.4, 0.5) is 0 Å². The highest BCUT2D eigenvalue weighted by Gasteiger charge is 2.06. The highest BCUT2D eigenvalue weighted by Crippen LogP contribution is 2.05. The van der Waals surface area contributed by atoms with E-state index in [-0.39, 0.29) is 5.91 Å². The zero-order valence-corrected chi connectivity index (χ0v) is 7.51. The molecule has 0 unspecified atom stereocenters. The third-order valence-electron chi connectivity index (χ3n) is 1.70. The zero-order valence-electron chi connectivity index (χ0n) is 7.51. The summed E-state index contributed by atoms with van der Waals surface area (Å²) in [4.78, 5) is 15.4. The molecule has 0 atom stereocenters. The van der Waals surface area contributed by atoms with E-state index in [1.807, 2.05) is 19.9 Å². The number of hydrogen-bond donors (Lipinski definition) is 1. The molecule has 0 aromatic carbocycles. The van der Waals surface area contributed by atoms with E-state index in [1.54, 1.807) is 13.1 Å². The molecular formula is C9H12N2O. The van der Waals surface area contributed by atoms with Crippen LogP contribution in [0, 0.1) is 13.8 Å². The molecule has 0 bridgehead atoms. The Morgan fingerprint density at radius 2 is 2.08 bits per heavy atom. The van der Waals surface area contributed by atoms with Crippen LogP contribution in [0.5, 0.6) is 0 Å². The smallest absolute Gasteiger partial charge is 0.252 e. The van der Waals surface area contributed by atoms with E-state index in [9.17, 15) is 4.79 Å². The van der Waals surface area contributed by atoms with E-state index < -0.39 is 0 Å². The molecule has 0 saturated heterocycles. The number of carbonyl (C=O) groups excluding carboxylic acids is 1. The molecular weight excluding hydrogens is 152 g/mol. The summed E-state index contributed by atoms with van der Waals surface area (Å²) in [6.07, 6.45) is 0. The number of carbonyl (C=O) groups is 1. The van der Waals surface area contributed by atoms with E-state index in [0.29, 0.717) is 5.56 Å². The van der Waals surface area contributed by atoms with Crippen molar-refractivity contribution in [3.8, 4) is 0 Å². The number of pyridine rings is 1. The van der Waals surface area contributed by atoms with Gasteiger partial charge in [0.25, 0.3) is 5.91 Å². The molecule has 1 amide bonds. The second-order valence-corrected chi connectivity index (χ2v) is 2.66. The topological polar surface area (TPSA) is 42.0 Å². The molecule has 0 spiro atoms. The summed E-state index contributed by atoms with van der Waals surface area (Å²) in [6, 6.07) is 3.62. The van der Waals surface area contributed by atoms with Crippen molar-refractivity contribution < 1.29 is 4.79 Å². The monoisotopic (exact) mass is 164 g/mol. The number of hydrogen-bond acceptors (Lipinski definition) is 2. The van der Waals surface area contributed by atoms with Crippen LogP contribution >= 0.6 is 0 Å². The minimum absolute atomic E-state index is 0.0833. The van der Waals surface area contributed by atoms with Crippen molar-refractivity contribution in [3.05, 3.63) is 29.1 Å². The molecule has 1 rings (SSSR count). The van der Waals surface area contributed by atoms with Crippen molar-refractivity contribution in [1.29, 1.82) is 0 Å². The Labute approximate surface area is 71.8 Å². The Bertz CT molecular complexity index is 307. The fraction of sp³-hybridized carbons (Fsp3) is 0.333. The minimum atomic E-state index is -0.0833. The first-order chi connectivity index (χ1) is 5.65. The van der Waals surface area contributed by atoms with Gasteiger partial charge in [0.15, 0.2) is 0 Å².